The Kier molecular flexibility index (Phi) is 5.04. The molecule has 1 heterocycles. The Bertz CT molecular complexity index is 652. The molecule has 1 aromatic heterocycles. The molecule has 0 aliphatic rings. The van der Waals surface area contributed by atoms with E-state index in [9.17, 15) is 14.9 Å². The lowest BCUT2D eigenvalue weighted by molar-refractivity contribution is -0.387. The number of benzene rings is 1. The number of carbonyl (C=O) groups excluding carboxylic acids is 1. The lowest BCUT2D eigenvalue weighted by Gasteiger charge is -2.04. The quantitative estimate of drug-likeness (QED) is 0.440. The second kappa shape index (κ2) is 6.58. The zero-order valence-electron chi connectivity index (χ0n) is 9.84. The van der Waals surface area contributed by atoms with Gasteiger partial charge in [0.2, 0.25) is 0 Å². The van der Waals surface area contributed by atoms with Crippen LogP contribution in [0.1, 0.15) is 4.88 Å². The maximum Gasteiger partial charge on any atom is 0.294 e. The van der Waals surface area contributed by atoms with E-state index in [4.69, 9.17) is 23.2 Å². The molecule has 0 amide bonds. The first-order valence-corrected chi connectivity index (χ1v) is 7.74. The van der Waals surface area contributed by atoms with Crippen LogP contribution in [-0.2, 0) is 11.2 Å². The van der Waals surface area contributed by atoms with E-state index >= 15 is 0 Å². The van der Waals surface area contributed by atoms with Gasteiger partial charge in [-0.05, 0) is 12.1 Å². The Morgan fingerprint density at radius 3 is 2.55 bits per heavy atom. The lowest BCUT2D eigenvalue weighted by atomic mass is 10.3. The van der Waals surface area contributed by atoms with Crippen molar-refractivity contribution in [2.24, 2.45) is 0 Å². The van der Waals surface area contributed by atoms with E-state index in [1.165, 1.54) is 17.4 Å². The first kappa shape index (κ1) is 15.3. The second-order valence-electron chi connectivity index (χ2n) is 3.67. The third kappa shape index (κ3) is 3.32. The molecule has 2 aromatic rings. The van der Waals surface area contributed by atoms with Crippen LogP contribution in [0.15, 0.2) is 33.4 Å². The minimum Gasteiger partial charge on any atom is -0.303 e. The molecule has 0 unspecified atom stereocenters. The monoisotopic (exact) mass is 347 g/mol. The van der Waals surface area contributed by atoms with Crippen LogP contribution in [0.2, 0.25) is 10.0 Å². The van der Waals surface area contributed by atoms with Crippen molar-refractivity contribution in [1.82, 2.24) is 0 Å². The van der Waals surface area contributed by atoms with Crippen LogP contribution in [-0.4, -0.2) is 11.2 Å². The van der Waals surface area contributed by atoms with E-state index in [0.717, 1.165) is 11.8 Å². The van der Waals surface area contributed by atoms with E-state index in [1.807, 2.05) is 0 Å². The third-order valence-corrected chi connectivity index (χ3v) is 5.66. The van der Waals surface area contributed by atoms with Crippen LogP contribution in [0.3, 0.4) is 0 Å². The molecule has 4 nitrogen and oxygen atoms in total. The number of halogens is 2. The maximum atomic E-state index is 11.0. The summed E-state index contributed by atoms with van der Waals surface area (Å²) in [5.74, 6) is 0. The highest BCUT2D eigenvalue weighted by atomic mass is 35.5. The van der Waals surface area contributed by atoms with E-state index in [2.05, 4.69) is 0 Å². The number of rotatable bonds is 5. The zero-order chi connectivity index (χ0) is 14.7. The summed E-state index contributed by atoms with van der Waals surface area (Å²) in [7, 11) is 0. The fourth-order valence-electron chi connectivity index (χ4n) is 1.47. The predicted molar refractivity (Wildman–Crippen MR) is 81.3 cm³/mol. The molecule has 8 heteroatoms. The summed E-state index contributed by atoms with van der Waals surface area (Å²) < 4.78 is 0.460. The smallest absolute Gasteiger partial charge is 0.294 e. The summed E-state index contributed by atoms with van der Waals surface area (Å²) in [6.07, 6.45) is 0.870. The van der Waals surface area contributed by atoms with Gasteiger partial charge in [0.1, 0.15) is 10.5 Å². The zero-order valence-corrected chi connectivity index (χ0v) is 13.0. The van der Waals surface area contributed by atoms with Crippen LogP contribution >= 0.6 is 46.3 Å². The number of carbonyl (C=O) groups is 1. The van der Waals surface area contributed by atoms with Crippen molar-refractivity contribution < 1.29 is 9.72 Å². The first-order chi connectivity index (χ1) is 9.52. The number of aldehydes is 1. The van der Waals surface area contributed by atoms with Gasteiger partial charge in [0.25, 0.3) is 5.69 Å². The van der Waals surface area contributed by atoms with Gasteiger partial charge >= 0.3 is 0 Å². The number of nitro groups is 1. The van der Waals surface area contributed by atoms with Crippen molar-refractivity contribution in [1.29, 1.82) is 0 Å². The van der Waals surface area contributed by atoms with Crippen molar-refractivity contribution in [3.63, 3.8) is 0 Å². The highest BCUT2D eigenvalue weighted by Gasteiger charge is 2.21. The molecule has 0 spiro atoms. The Morgan fingerprint density at radius 1 is 1.35 bits per heavy atom. The molecule has 104 valence electrons. The van der Waals surface area contributed by atoms with E-state index in [0.29, 0.717) is 30.3 Å². The van der Waals surface area contributed by atoms with Crippen LogP contribution in [0.25, 0.3) is 0 Å². The summed E-state index contributed by atoms with van der Waals surface area (Å²) in [6.45, 7) is 0. The number of hydrogen-bond donors (Lipinski definition) is 0. The summed E-state index contributed by atoms with van der Waals surface area (Å²) in [5, 5.41) is 11.9. The second-order valence-corrected chi connectivity index (χ2v) is 6.90. The summed E-state index contributed by atoms with van der Waals surface area (Å²) in [5.41, 5.74) is -0.0344. The number of nitrogens with zero attached hydrogens (tertiary/aromatic N) is 1. The number of thiophene rings is 1. The topological polar surface area (TPSA) is 60.2 Å². The van der Waals surface area contributed by atoms with Gasteiger partial charge in [-0.2, -0.15) is 0 Å². The van der Waals surface area contributed by atoms with E-state index < -0.39 is 4.92 Å². The highest BCUT2D eigenvalue weighted by Crippen LogP contribution is 2.45. The summed E-state index contributed by atoms with van der Waals surface area (Å²) in [6, 6.07) is 6.45. The molecule has 0 bridgehead atoms. The largest absolute Gasteiger partial charge is 0.303 e. The van der Waals surface area contributed by atoms with Gasteiger partial charge in [-0.1, -0.05) is 41.0 Å². The molecule has 0 saturated heterocycles. The molecule has 0 N–H and O–H groups in total. The third-order valence-electron chi connectivity index (χ3n) is 2.33. The minimum absolute atomic E-state index is 0.0344. The van der Waals surface area contributed by atoms with Crippen molar-refractivity contribution >= 4 is 58.3 Å². The summed E-state index contributed by atoms with van der Waals surface area (Å²) >= 11 is 14.4. The van der Waals surface area contributed by atoms with Gasteiger partial charge in [-0.15, -0.1) is 11.3 Å². The van der Waals surface area contributed by atoms with Gasteiger partial charge in [0, 0.05) is 17.4 Å². The minimum atomic E-state index is -0.474. The van der Waals surface area contributed by atoms with Gasteiger partial charge in [0.05, 0.1) is 19.9 Å². The van der Waals surface area contributed by atoms with Crippen LogP contribution in [0, 0.1) is 10.1 Å². The maximum absolute atomic E-state index is 11.0. The molecule has 1 aromatic carbocycles. The Hall–Kier alpha value is -1.08. The molecule has 0 radical (unpaired) electrons. The van der Waals surface area contributed by atoms with Crippen molar-refractivity contribution in [3.8, 4) is 0 Å². The van der Waals surface area contributed by atoms with Crippen molar-refractivity contribution in [2.75, 3.05) is 0 Å². The Morgan fingerprint density at radius 2 is 2.00 bits per heavy atom. The SMILES string of the molecule is O=CCc1cc([N+](=O)[O-])c(Sc2c(Cl)cccc2Cl)s1. The molecule has 2 rings (SSSR count). The van der Waals surface area contributed by atoms with Crippen LogP contribution < -0.4 is 0 Å². The molecule has 20 heavy (non-hydrogen) atoms. The van der Waals surface area contributed by atoms with Gasteiger partial charge in [-0.25, -0.2) is 0 Å². The Labute approximate surface area is 132 Å². The molecule has 0 aliphatic carbocycles. The van der Waals surface area contributed by atoms with Crippen LogP contribution in [0.5, 0.6) is 0 Å². The van der Waals surface area contributed by atoms with Crippen molar-refractivity contribution in [3.05, 3.63) is 49.3 Å². The lowest BCUT2D eigenvalue weighted by Crippen LogP contribution is -1.87. The molecule has 0 fully saturated rings. The first-order valence-electron chi connectivity index (χ1n) is 5.35. The van der Waals surface area contributed by atoms with Gasteiger partial charge < -0.3 is 4.79 Å². The van der Waals surface area contributed by atoms with Crippen LogP contribution in [0.4, 0.5) is 5.69 Å². The Balaban J connectivity index is 2.42. The normalized spacial score (nSPS) is 10.5. The fraction of sp³-hybridized carbons (Fsp3) is 0.0833. The standard InChI is InChI=1S/C12H7Cl2NO3S2/c13-8-2-1-3-9(14)11(8)20-12-10(15(17)18)6-7(19-12)4-5-16/h1-3,5-6H,4H2. The van der Waals surface area contributed by atoms with E-state index in [-0.39, 0.29) is 12.1 Å². The molecule has 0 atom stereocenters. The predicted octanol–water partition coefficient (Wildman–Crippen LogP) is 4.86. The fourth-order valence-corrected chi connectivity index (χ4v) is 4.39. The van der Waals surface area contributed by atoms with E-state index in [1.54, 1.807) is 18.2 Å². The highest BCUT2D eigenvalue weighted by molar-refractivity contribution is 8.01. The molecular formula is C12H7Cl2NO3S2. The molecule has 0 aliphatic heterocycles. The average molecular weight is 348 g/mol. The molecule has 0 saturated carbocycles. The van der Waals surface area contributed by atoms with Gasteiger partial charge in [-0.3, -0.25) is 10.1 Å². The van der Waals surface area contributed by atoms with Gasteiger partial charge in [0.15, 0.2) is 0 Å². The van der Waals surface area contributed by atoms with Crippen molar-refractivity contribution in [2.45, 2.75) is 15.5 Å². The summed E-state index contributed by atoms with van der Waals surface area (Å²) in [4.78, 5) is 22.3. The molecular weight excluding hydrogens is 341 g/mol. The average Bonchev–Trinajstić information content (AvgIpc) is 2.78. The number of hydrogen-bond acceptors (Lipinski definition) is 5.